The van der Waals surface area contributed by atoms with Gasteiger partial charge in [0.15, 0.2) is 6.61 Å². The van der Waals surface area contributed by atoms with Crippen LogP contribution in [0.1, 0.15) is 46.5 Å². The molecular formula is C18H28N4O6. The van der Waals surface area contributed by atoms with Gasteiger partial charge in [0.05, 0.1) is 6.54 Å². The molecular weight excluding hydrogens is 368 g/mol. The second kappa shape index (κ2) is 9.03. The fourth-order valence-electron chi connectivity index (χ4n) is 3.56. The minimum absolute atomic E-state index is 0.0125. The molecule has 156 valence electrons. The van der Waals surface area contributed by atoms with Crippen LogP contribution in [0, 0.1) is 5.92 Å². The Morgan fingerprint density at radius 3 is 2.61 bits per heavy atom. The van der Waals surface area contributed by atoms with Gasteiger partial charge in [0.2, 0.25) is 5.91 Å². The predicted octanol–water partition coefficient (Wildman–Crippen LogP) is -0.329. The van der Waals surface area contributed by atoms with Crippen LogP contribution in [0.25, 0.3) is 0 Å². The third-order valence-corrected chi connectivity index (χ3v) is 5.05. The number of nitrogens with zero attached hydrogens (tertiary/aromatic N) is 1. The summed E-state index contributed by atoms with van der Waals surface area (Å²) in [4.78, 5) is 60.9. The van der Waals surface area contributed by atoms with E-state index in [-0.39, 0.29) is 24.4 Å². The predicted molar refractivity (Wildman–Crippen MR) is 97.9 cm³/mol. The molecule has 0 radical (unpaired) electrons. The van der Waals surface area contributed by atoms with Crippen LogP contribution in [0.4, 0.5) is 4.79 Å². The van der Waals surface area contributed by atoms with Crippen molar-refractivity contribution in [3.8, 4) is 0 Å². The number of esters is 1. The molecule has 2 fully saturated rings. The fraction of sp³-hybridized carbons (Fsp3) is 0.722. The maximum atomic E-state index is 12.8. The molecule has 28 heavy (non-hydrogen) atoms. The smallest absolute Gasteiger partial charge is 0.326 e. The molecule has 3 N–H and O–H groups in total. The van der Waals surface area contributed by atoms with Gasteiger partial charge < -0.3 is 20.7 Å². The van der Waals surface area contributed by atoms with Crippen LogP contribution in [0.15, 0.2) is 0 Å². The Morgan fingerprint density at radius 2 is 1.96 bits per heavy atom. The second-order valence-corrected chi connectivity index (χ2v) is 7.60. The van der Waals surface area contributed by atoms with E-state index in [4.69, 9.17) is 4.74 Å². The molecule has 0 aromatic carbocycles. The number of amides is 5. The van der Waals surface area contributed by atoms with Gasteiger partial charge in [0, 0.05) is 6.04 Å². The zero-order chi connectivity index (χ0) is 20.9. The zero-order valence-corrected chi connectivity index (χ0v) is 16.5. The molecule has 1 spiro atoms. The molecule has 1 aliphatic heterocycles. The Bertz CT molecular complexity index is 664. The number of carbonyl (C=O) groups is 5. The zero-order valence-electron chi connectivity index (χ0n) is 16.5. The first kappa shape index (κ1) is 21.6. The first-order chi connectivity index (χ1) is 13.2. The van der Waals surface area contributed by atoms with Gasteiger partial charge in [-0.3, -0.25) is 24.1 Å². The number of hydrogen-bond donors (Lipinski definition) is 3. The van der Waals surface area contributed by atoms with Gasteiger partial charge in [0.1, 0.15) is 12.1 Å². The third kappa shape index (κ3) is 4.99. The van der Waals surface area contributed by atoms with Crippen LogP contribution < -0.4 is 16.0 Å². The topological polar surface area (TPSA) is 134 Å². The van der Waals surface area contributed by atoms with Gasteiger partial charge in [-0.1, -0.05) is 19.8 Å². The second-order valence-electron chi connectivity index (χ2n) is 7.60. The van der Waals surface area contributed by atoms with Crippen molar-refractivity contribution in [3.63, 3.8) is 0 Å². The largest absolute Gasteiger partial charge is 0.454 e. The quantitative estimate of drug-likeness (QED) is 0.399. The summed E-state index contributed by atoms with van der Waals surface area (Å²) in [6.07, 6.45) is 3.21. The first-order valence-electron chi connectivity index (χ1n) is 9.51. The van der Waals surface area contributed by atoms with Gasteiger partial charge in [0.25, 0.3) is 11.8 Å². The highest BCUT2D eigenvalue weighted by Gasteiger charge is 2.55. The van der Waals surface area contributed by atoms with Crippen molar-refractivity contribution >= 4 is 29.7 Å². The monoisotopic (exact) mass is 396 g/mol. The summed E-state index contributed by atoms with van der Waals surface area (Å²) in [6, 6.07) is -0.674. The first-order valence-corrected chi connectivity index (χ1v) is 9.51. The SMILES string of the molecule is CC(C)NC(=O)CNC(=O)COC(=O)CN1C(=O)N[C@@]2(CCCC[C@@H]2C)C1=O. The molecule has 1 saturated carbocycles. The standard InChI is InChI=1S/C18H28N4O6/c1-11(2)20-13(23)8-19-14(24)10-28-15(25)9-22-16(26)18(21-17(22)27)7-5-4-6-12(18)3/h11-12H,4-10H2,1-3H3,(H,19,24)(H,20,23)(H,21,27)/t12-,18+/m0/s1. The number of hydrogen-bond acceptors (Lipinski definition) is 6. The number of imide groups is 1. The summed E-state index contributed by atoms with van der Waals surface area (Å²) in [5.74, 6) is -2.31. The number of ether oxygens (including phenoxy) is 1. The lowest BCUT2D eigenvalue weighted by Crippen LogP contribution is -2.54. The molecule has 1 heterocycles. The van der Waals surface area contributed by atoms with Crippen LogP contribution >= 0.6 is 0 Å². The van der Waals surface area contributed by atoms with Crippen molar-refractivity contribution in [2.24, 2.45) is 5.92 Å². The lowest BCUT2D eigenvalue weighted by atomic mass is 9.73. The highest BCUT2D eigenvalue weighted by atomic mass is 16.5. The van der Waals surface area contributed by atoms with Crippen LogP contribution in [-0.2, 0) is 23.9 Å². The minimum atomic E-state index is -0.948. The molecule has 0 aromatic rings. The van der Waals surface area contributed by atoms with Gasteiger partial charge in [-0.25, -0.2) is 4.79 Å². The van der Waals surface area contributed by atoms with Crippen LogP contribution in [0.3, 0.4) is 0 Å². The highest BCUT2D eigenvalue weighted by molar-refractivity contribution is 6.09. The number of urea groups is 1. The summed E-state index contributed by atoms with van der Waals surface area (Å²) in [5.41, 5.74) is -0.948. The molecule has 1 saturated heterocycles. The highest BCUT2D eigenvalue weighted by Crippen LogP contribution is 2.38. The summed E-state index contributed by atoms with van der Waals surface area (Å²) >= 11 is 0. The van der Waals surface area contributed by atoms with E-state index in [0.717, 1.165) is 24.2 Å². The molecule has 10 nitrogen and oxygen atoms in total. The lowest BCUT2D eigenvalue weighted by molar-refractivity contribution is -0.151. The molecule has 2 atom stereocenters. The van der Waals surface area contributed by atoms with E-state index >= 15 is 0 Å². The normalized spacial score (nSPS) is 24.3. The van der Waals surface area contributed by atoms with Gasteiger partial charge >= 0.3 is 12.0 Å². The summed E-state index contributed by atoms with van der Waals surface area (Å²) in [7, 11) is 0. The van der Waals surface area contributed by atoms with E-state index in [1.54, 1.807) is 13.8 Å². The maximum Gasteiger partial charge on any atom is 0.326 e. The van der Waals surface area contributed by atoms with E-state index in [0.29, 0.717) is 6.42 Å². The van der Waals surface area contributed by atoms with Crippen LogP contribution in [0.2, 0.25) is 0 Å². The molecule has 2 aliphatic rings. The average molecular weight is 396 g/mol. The molecule has 5 amide bonds. The number of carbonyl (C=O) groups excluding carboxylic acids is 5. The molecule has 10 heteroatoms. The Balaban J connectivity index is 1.80. The van der Waals surface area contributed by atoms with Crippen LogP contribution in [-0.4, -0.2) is 65.9 Å². The molecule has 1 aliphatic carbocycles. The van der Waals surface area contributed by atoms with Gasteiger partial charge in [-0.2, -0.15) is 0 Å². The van der Waals surface area contributed by atoms with Crippen molar-refractivity contribution in [1.82, 2.24) is 20.9 Å². The van der Waals surface area contributed by atoms with Crippen molar-refractivity contribution in [3.05, 3.63) is 0 Å². The van der Waals surface area contributed by atoms with Crippen molar-refractivity contribution in [1.29, 1.82) is 0 Å². The average Bonchev–Trinajstić information content (AvgIpc) is 2.85. The lowest BCUT2D eigenvalue weighted by Gasteiger charge is -2.36. The van der Waals surface area contributed by atoms with Gasteiger partial charge in [-0.05, 0) is 32.6 Å². The Kier molecular flexibility index (Phi) is 6.98. The number of nitrogens with one attached hydrogen (secondary N) is 3. The van der Waals surface area contributed by atoms with Crippen LogP contribution in [0.5, 0.6) is 0 Å². The molecule has 0 unspecified atom stereocenters. The fourth-order valence-corrected chi connectivity index (χ4v) is 3.56. The van der Waals surface area contributed by atoms with Crippen molar-refractivity contribution in [2.75, 3.05) is 19.7 Å². The third-order valence-electron chi connectivity index (χ3n) is 5.05. The van der Waals surface area contributed by atoms with Gasteiger partial charge in [-0.15, -0.1) is 0 Å². The molecule has 0 bridgehead atoms. The Hall–Kier alpha value is -2.65. The molecule has 0 aromatic heterocycles. The van der Waals surface area contributed by atoms with Crippen molar-refractivity contribution < 1.29 is 28.7 Å². The minimum Gasteiger partial charge on any atom is -0.454 e. The number of rotatable bonds is 7. The van der Waals surface area contributed by atoms with E-state index in [2.05, 4.69) is 16.0 Å². The van der Waals surface area contributed by atoms with Crippen molar-refractivity contribution in [2.45, 2.75) is 58.0 Å². The van der Waals surface area contributed by atoms with E-state index in [9.17, 15) is 24.0 Å². The summed E-state index contributed by atoms with van der Waals surface area (Å²) in [5, 5.41) is 7.66. The summed E-state index contributed by atoms with van der Waals surface area (Å²) < 4.78 is 4.82. The van der Waals surface area contributed by atoms with E-state index < -0.39 is 42.5 Å². The molecule has 2 rings (SSSR count). The van der Waals surface area contributed by atoms with E-state index in [1.165, 1.54) is 0 Å². The van der Waals surface area contributed by atoms with E-state index in [1.807, 2.05) is 6.92 Å². The summed E-state index contributed by atoms with van der Waals surface area (Å²) in [6.45, 7) is 4.10. The Labute approximate surface area is 163 Å². The maximum absolute atomic E-state index is 12.8. The Morgan fingerprint density at radius 1 is 1.25 bits per heavy atom.